The first-order chi connectivity index (χ1) is 11.8. The number of tetrazole rings is 1. The third-order valence-corrected chi connectivity index (χ3v) is 4.44. The van der Waals surface area contributed by atoms with Crippen LogP contribution in [0.4, 0.5) is 0 Å². The lowest BCUT2D eigenvalue weighted by Crippen LogP contribution is -2.04. The monoisotopic (exact) mass is 337 g/mol. The largest absolute Gasteiger partial charge is 0.497 e. The molecule has 7 heteroatoms. The van der Waals surface area contributed by atoms with Crippen LogP contribution in [-0.2, 0) is 12.3 Å². The van der Waals surface area contributed by atoms with Crippen LogP contribution in [0.3, 0.4) is 0 Å². The summed E-state index contributed by atoms with van der Waals surface area (Å²) in [5.41, 5.74) is 2.82. The minimum Gasteiger partial charge on any atom is -0.497 e. The molecule has 0 amide bonds. The van der Waals surface area contributed by atoms with Crippen molar-refractivity contribution < 1.29 is 4.74 Å². The third-order valence-electron chi connectivity index (χ3n) is 3.41. The predicted molar refractivity (Wildman–Crippen MR) is 90.6 cm³/mol. The van der Waals surface area contributed by atoms with E-state index in [1.165, 1.54) is 0 Å². The zero-order chi connectivity index (χ0) is 16.8. The van der Waals surface area contributed by atoms with Crippen molar-refractivity contribution in [2.24, 2.45) is 0 Å². The van der Waals surface area contributed by atoms with E-state index in [2.05, 4.69) is 21.6 Å². The molecule has 3 rings (SSSR count). The zero-order valence-electron chi connectivity index (χ0n) is 13.1. The van der Waals surface area contributed by atoms with Crippen LogP contribution in [0.25, 0.3) is 0 Å². The van der Waals surface area contributed by atoms with Gasteiger partial charge in [-0.3, -0.25) is 0 Å². The summed E-state index contributed by atoms with van der Waals surface area (Å²) >= 11 is 1.55. The summed E-state index contributed by atoms with van der Waals surface area (Å²) in [7, 11) is 1.65. The molecule has 3 aromatic rings. The van der Waals surface area contributed by atoms with Gasteiger partial charge in [0.25, 0.3) is 0 Å². The van der Waals surface area contributed by atoms with Crippen molar-refractivity contribution in [3.8, 4) is 11.8 Å². The lowest BCUT2D eigenvalue weighted by molar-refractivity contribution is 0.414. The second kappa shape index (κ2) is 7.62. The summed E-state index contributed by atoms with van der Waals surface area (Å²) in [6.07, 6.45) is 0. The minimum absolute atomic E-state index is 0.595. The molecule has 0 spiro atoms. The molecule has 24 heavy (non-hydrogen) atoms. The van der Waals surface area contributed by atoms with Crippen LogP contribution in [-0.4, -0.2) is 27.3 Å². The minimum atomic E-state index is 0.595. The summed E-state index contributed by atoms with van der Waals surface area (Å²) in [5.74, 6) is 1.53. The van der Waals surface area contributed by atoms with Gasteiger partial charge in [-0.1, -0.05) is 36.0 Å². The molecule has 0 atom stereocenters. The molecule has 0 fully saturated rings. The number of benzene rings is 2. The van der Waals surface area contributed by atoms with E-state index in [0.717, 1.165) is 22.0 Å². The molecule has 1 aromatic heterocycles. The number of ether oxygens (including phenoxy) is 1. The van der Waals surface area contributed by atoms with Crippen LogP contribution in [0.15, 0.2) is 53.7 Å². The van der Waals surface area contributed by atoms with Gasteiger partial charge in [0, 0.05) is 5.75 Å². The maximum absolute atomic E-state index is 8.96. The Morgan fingerprint density at radius 3 is 2.75 bits per heavy atom. The SMILES string of the molecule is COc1ccc(Cn2nnnc2SCc2cccc(C#N)c2)cc1. The van der Waals surface area contributed by atoms with Gasteiger partial charge in [-0.2, -0.15) is 5.26 Å². The fourth-order valence-corrected chi connectivity index (χ4v) is 3.00. The summed E-state index contributed by atoms with van der Waals surface area (Å²) in [6, 6.07) is 17.5. The number of rotatable bonds is 6. The zero-order valence-corrected chi connectivity index (χ0v) is 13.9. The number of nitriles is 1. The van der Waals surface area contributed by atoms with Gasteiger partial charge in [-0.05, 0) is 45.8 Å². The van der Waals surface area contributed by atoms with Gasteiger partial charge in [0.15, 0.2) is 0 Å². The molecule has 6 nitrogen and oxygen atoms in total. The first-order valence-electron chi connectivity index (χ1n) is 7.29. The number of methoxy groups -OCH3 is 1. The van der Waals surface area contributed by atoms with Gasteiger partial charge in [-0.15, -0.1) is 5.10 Å². The maximum atomic E-state index is 8.96. The number of thioether (sulfide) groups is 1. The Morgan fingerprint density at radius 1 is 1.17 bits per heavy atom. The first-order valence-corrected chi connectivity index (χ1v) is 8.28. The molecule has 2 aromatic carbocycles. The van der Waals surface area contributed by atoms with Gasteiger partial charge in [0.05, 0.1) is 25.3 Å². The fraction of sp³-hybridized carbons (Fsp3) is 0.176. The average molecular weight is 337 g/mol. The predicted octanol–water partition coefficient (Wildman–Crippen LogP) is 2.89. The summed E-state index contributed by atoms with van der Waals surface area (Å²) in [6.45, 7) is 0.595. The average Bonchev–Trinajstić information content (AvgIpc) is 3.08. The molecule has 0 saturated carbocycles. The lowest BCUT2D eigenvalue weighted by Gasteiger charge is -2.06. The lowest BCUT2D eigenvalue weighted by atomic mass is 10.2. The molecule has 0 saturated heterocycles. The van der Waals surface area contributed by atoms with Crippen LogP contribution in [0.5, 0.6) is 5.75 Å². The Bertz CT molecular complexity index is 854. The van der Waals surface area contributed by atoms with Crippen LogP contribution >= 0.6 is 11.8 Å². The van der Waals surface area contributed by atoms with E-state index in [-0.39, 0.29) is 0 Å². The topological polar surface area (TPSA) is 76.6 Å². The Morgan fingerprint density at radius 2 is 2.00 bits per heavy atom. The van der Waals surface area contributed by atoms with Gasteiger partial charge in [0.2, 0.25) is 5.16 Å². The quantitative estimate of drug-likeness (QED) is 0.644. The van der Waals surface area contributed by atoms with E-state index in [9.17, 15) is 0 Å². The third kappa shape index (κ3) is 3.91. The molecule has 0 N–H and O–H groups in total. The smallest absolute Gasteiger partial charge is 0.209 e. The van der Waals surface area contributed by atoms with Crippen molar-refractivity contribution in [1.29, 1.82) is 5.26 Å². The van der Waals surface area contributed by atoms with Gasteiger partial charge >= 0.3 is 0 Å². The Hall–Kier alpha value is -2.85. The van der Waals surface area contributed by atoms with E-state index in [1.54, 1.807) is 29.6 Å². The Balaban J connectivity index is 1.67. The molecule has 120 valence electrons. The molecule has 1 heterocycles. The van der Waals surface area contributed by atoms with E-state index < -0.39 is 0 Å². The number of hydrogen-bond acceptors (Lipinski definition) is 6. The Labute approximate surface area is 144 Å². The molecule has 0 aliphatic rings. The van der Waals surface area contributed by atoms with E-state index >= 15 is 0 Å². The number of nitrogens with zero attached hydrogens (tertiary/aromatic N) is 5. The number of hydrogen-bond donors (Lipinski definition) is 0. The van der Waals surface area contributed by atoms with E-state index in [0.29, 0.717) is 17.9 Å². The Kier molecular flexibility index (Phi) is 5.08. The van der Waals surface area contributed by atoms with Crippen molar-refractivity contribution >= 4 is 11.8 Å². The summed E-state index contributed by atoms with van der Waals surface area (Å²) in [4.78, 5) is 0. The van der Waals surface area contributed by atoms with Gasteiger partial charge in [0.1, 0.15) is 5.75 Å². The number of aromatic nitrogens is 4. The fourth-order valence-electron chi connectivity index (χ4n) is 2.18. The van der Waals surface area contributed by atoms with Crippen molar-refractivity contribution in [3.63, 3.8) is 0 Å². The maximum Gasteiger partial charge on any atom is 0.209 e. The standard InChI is InChI=1S/C17H15N5OS/c1-23-16-7-5-13(6-8-16)11-22-17(19-20-21-22)24-12-15-4-2-3-14(9-15)10-18/h2-9H,11-12H2,1H3. The van der Waals surface area contributed by atoms with Crippen molar-refractivity contribution in [2.75, 3.05) is 7.11 Å². The van der Waals surface area contributed by atoms with E-state index in [4.69, 9.17) is 10.00 Å². The molecule has 0 radical (unpaired) electrons. The van der Waals surface area contributed by atoms with E-state index in [1.807, 2.05) is 42.5 Å². The molecular weight excluding hydrogens is 322 g/mol. The highest BCUT2D eigenvalue weighted by Crippen LogP contribution is 2.21. The van der Waals surface area contributed by atoms with Crippen molar-refractivity contribution in [1.82, 2.24) is 20.2 Å². The highest BCUT2D eigenvalue weighted by atomic mass is 32.2. The van der Waals surface area contributed by atoms with Crippen molar-refractivity contribution in [2.45, 2.75) is 17.5 Å². The summed E-state index contributed by atoms with van der Waals surface area (Å²) in [5, 5.41) is 21.6. The molecular formula is C17H15N5OS. The van der Waals surface area contributed by atoms with Crippen LogP contribution in [0.1, 0.15) is 16.7 Å². The highest BCUT2D eigenvalue weighted by molar-refractivity contribution is 7.98. The molecule has 0 unspecified atom stereocenters. The van der Waals surface area contributed by atoms with Crippen LogP contribution in [0.2, 0.25) is 0 Å². The second-order valence-corrected chi connectivity index (χ2v) is 6.01. The highest BCUT2D eigenvalue weighted by Gasteiger charge is 2.08. The van der Waals surface area contributed by atoms with Gasteiger partial charge < -0.3 is 4.74 Å². The summed E-state index contributed by atoms with van der Waals surface area (Å²) < 4.78 is 6.92. The van der Waals surface area contributed by atoms with Crippen LogP contribution in [0, 0.1) is 11.3 Å². The second-order valence-electron chi connectivity index (χ2n) is 5.07. The van der Waals surface area contributed by atoms with Crippen molar-refractivity contribution in [3.05, 3.63) is 65.2 Å². The molecule has 0 aliphatic carbocycles. The molecule has 0 bridgehead atoms. The normalized spacial score (nSPS) is 10.3. The first kappa shape index (κ1) is 16.0. The van der Waals surface area contributed by atoms with Gasteiger partial charge in [-0.25, -0.2) is 4.68 Å². The van der Waals surface area contributed by atoms with Crippen LogP contribution < -0.4 is 4.74 Å². The molecule has 0 aliphatic heterocycles.